The van der Waals surface area contributed by atoms with Crippen LogP contribution in [0, 0.1) is 0 Å². The molecule has 6 nitrogen and oxygen atoms in total. The van der Waals surface area contributed by atoms with Gasteiger partial charge in [0.05, 0.1) is 5.39 Å². The van der Waals surface area contributed by atoms with Gasteiger partial charge in [0.2, 0.25) is 11.6 Å². The standard InChI is InChI=1S/C21H16N4O2/c1-2-16(26)25-15-10-8-13(9-11-15)17-18-20(22)23-12-24-21(18)27-19(17)14-6-4-3-5-7-14/h2-12H,1H2,(H,25,26)(H2,22,23,24). The van der Waals surface area contributed by atoms with E-state index in [4.69, 9.17) is 10.2 Å². The highest BCUT2D eigenvalue weighted by Crippen LogP contribution is 2.41. The van der Waals surface area contributed by atoms with Crippen LogP contribution in [-0.4, -0.2) is 15.9 Å². The molecule has 2 heterocycles. The van der Waals surface area contributed by atoms with Crippen molar-refractivity contribution in [3.8, 4) is 22.5 Å². The lowest BCUT2D eigenvalue weighted by Gasteiger charge is -2.07. The summed E-state index contributed by atoms with van der Waals surface area (Å²) in [4.78, 5) is 19.8. The summed E-state index contributed by atoms with van der Waals surface area (Å²) in [6.45, 7) is 3.45. The average Bonchev–Trinajstić information content (AvgIpc) is 3.10. The largest absolute Gasteiger partial charge is 0.437 e. The van der Waals surface area contributed by atoms with Crippen LogP contribution < -0.4 is 11.1 Å². The summed E-state index contributed by atoms with van der Waals surface area (Å²) >= 11 is 0. The molecule has 27 heavy (non-hydrogen) atoms. The summed E-state index contributed by atoms with van der Waals surface area (Å²) < 4.78 is 6.02. The minimum Gasteiger partial charge on any atom is -0.437 e. The van der Waals surface area contributed by atoms with Crippen molar-refractivity contribution in [1.29, 1.82) is 0 Å². The van der Waals surface area contributed by atoms with Crippen molar-refractivity contribution in [1.82, 2.24) is 9.97 Å². The molecule has 0 saturated carbocycles. The van der Waals surface area contributed by atoms with Gasteiger partial charge in [0, 0.05) is 16.8 Å². The molecular weight excluding hydrogens is 340 g/mol. The number of furan rings is 1. The van der Waals surface area contributed by atoms with Gasteiger partial charge in [-0.3, -0.25) is 4.79 Å². The van der Waals surface area contributed by atoms with Crippen molar-refractivity contribution < 1.29 is 9.21 Å². The van der Waals surface area contributed by atoms with Crippen LogP contribution in [0.1, 0.15) is 0 Å². The van der Waals surface area contributed by atoms with Crippen LogP contribution >= 0.6 is 0 Å². The van der Waals surface area contributed by atoms with Crippen molar-refractivity contribution in [3.63, 3.8) is 0 Å². The van der Waals surface area contributed by atoms with Gasteiger partial charge in [-0.1, -0.05) is 49.0 Å². The third-order valence-corrected chi connectivity index (χ3v) is 4.18. The second-order valence-corrected chi connectivity index (χ2v) is 5.88. The van der Waals surface area contributed by atoms with Gasteiger partial charge in [-0.05, 0) is 23.8 Å². The van der Waals surface area contributed by atoms with Crippen molar-refractivity contribution in [2.45, 2.75) is 0 Å². The van der Waals surface area contributed by atoms with Crippen LogP contribution in [0.4, 0.5) is 11.5 Å². The summed E-state index contributed by atoms with van der Waals surface area (Å²) in [5.41, 5.74) is 9.83. The van der Waals surface area contributed by atoms with E-state index in [0.29, 0.717) is 28.4 Å². The Morgan fingerprint density at radius 3 is 2.48 bits per heavy atom. The molecule has 0 bridgehead atoms. The molecule has 132 valence electrons. The number of carbonyl (C=O) groups is 1. The SMILES string of the molecule is C=CC(=O)Nc1ccc(-c2c(-c3ccccc3)oc3ncnc(N)c23)cc1. The van der Waals surface area contributed by atoms with E-state index >= 15 is 0 Å². The molecule has 0 fully saturated rings. The molecule has 2 aromatic heterocycles. The van der Waals surface area contributed by atoms with Crippen LogP contribution in [0.2, 0.25) is 0 Å². The van der Waals surface area contributed by atoms with Gasteiger partial charge in [-0.2, -0.15) is 0 Å². The lowest BCUT2D eigenvalue weighted by atomic mass is 9.99. The fraction of sp³-hybridized carbons (Fsp3) is 0. The second-order valence-electron chi connectivity index (χ2n) is 5.88. The maximum atomic E-state index is 11.5. The number of fused-ring (bicyclic) bond motifs is 1. The zero-order valence-electron chi connectivity index (χ0n) is 14.3. The Kier molecular flexibility index (Phi) is 4.14. The van der Waals surface area contributed by atoms with E-state index in [1.807, 2.05) is 54.6 Å². The van der Waals surface area contributed by atoms with Gasteiger partial charge in [0.25, 0.3) is 0 Å². The topological polar surface area (TPSA) is 94.0 Å². The number of benzene rings is 2. The Hall–Kier alpha value is -3.93. The monoisotopic (exact) mass is 356 g/mol. The summed E-state index contributed by atoms with van der Waals surface area (Å²) in [5, 5.41) is 3.40. The molecule has 0 atom stereocenters. The molecule has 2 aromatic carbocycles. The van der Waals surface area contributed by atoms with Gasteiger partial charge in [0.1, 0.15) is 17.9 Å². The zero-order chi connectivity index (χ0) is 18.8. The molecule has 0 radical (unpaired) electrons. The van der Waals surface area contributed by atoms with Crippen molar-refractivity contribution in [2.24, 2.45) is 0 Å². The quantitative estimate of drug-likeness (QED) is 0.533. The highest BCUT2D eigenvalue weighted by Gasteiger charge is 2.21. The van der Waals surface area contributed by atoms with E-state index < -0.39 is 0 Å². The van der Waals surface area contributed by atoms with Crippen LogP contribution in [-0.2, 0) is 4.79 Å². The number of aromatic nitrogens is 2. The Morgan fingerprint density at radius 1 is 1.04 bits per heavy atom. The smallest absolute Gasteiger partial charge is 0.247 e. The number of nitrogen functional groups attached to an aromatic ring is 1. The molecule has 4 aromatic rings. The molecule has 0 aliphatic heterocycles. The maximum absolute atomic E-state index is 11.5. The molecule has 0 aliphatic rings. The number of nitrogens with zero attached hydrogens (tertiary/aromatic N) is 2. The van der Waals surface area contributed by atoms with E-state index in [1.165, 1.54) is 12.4 Å². The van der Waals surface area contributed by atoms with Crippen LogP contribution in [0.3, 0.4) is 0 Å². The molecule has 4 rings (SSSR count). The highest BCUT2D eigenvalue weighted by atomic mass is 16.3. The summed E-state index contributed by atoms with van der Waals surface area (Å²) in [6.07, 6.45) is 2.61. The Balaban J connectivity index is 1.90. The number of nitrogens with two attached hydrogens (primary N) is 1. The molecule has 6 heteroatoms. The number of hydrogen-bond acceptors (Lipinski definition) is 5. The zero-order valence-corrected chi connectivity index (χ0v) is 14.3. The first kappa shape index (κ1) is 16.5. The van der Waals surface area contributed by atoms with E-state index in [1.54, 1.807) is 0 Å². The first-order chi connectivity index (χ1) is 13.2. The van der Waals surface area contributed by atoms with E-state index in [2.05, 4.69) is 21.9 Å². The fourth-order valence-corrected chi connectivity index (χ4v) is 2.94. The number of nitrogens with one attached hydrogen (secondary N) is 1. The van der Waals surface area contributed by atoms with E-state index in [9.17, 15) is 4.79 Å². The van der Waals surface area contributed by atoms with Crippen molar-refractivity contribution in [2.75, 3.05) is 11.1 Å². The lowest BCUT2D eigenvalue weighted by Crippen LogP contribution is -2.06. The Labute approximate surface area is 155 Å². The van der Waals surface area contributed by atoms with Gasteiger partial charge in [-0.25, -0.2) is 9.97 Å². The van der Waals surface area contributed by atoms with Crippen molar-refractivity contribution in [3.05, 3.63) is 73.6 Å². The average molecular weight is 356 g/mol. The van der Waals surface area contributed by atoms with Crippen LogP contribution in [0.15, 0.2) is 78.0 Å². The number of anilines is 2. The Bertz CT molecular complexity index is 1130. The summed E-state index contributed by atoms with van der Waals surface area (Å²) in [6, 6.07) is 17.1. The normalized spacial score (nSPS) is 10.7. The van der Waals surface area contributed by atoms with Crippen LogP contribution in [0.25, 0.3) is 33.6 Å². The van der Waals surface area contributed by atoms with E-state index in [0.717, 1.165) is 16.7 Å². The lowest BCUT2D eigenvalue weighted by molar-refractivity contribution is -0.111. The molecule has 0 aliphatic carbocycles. The summed E-state index contributed by atoms with van der Waals surface area (Å²) in [7, 11) is 0. The minimum absolute atomic E-state index is 0.265. The maximum Gasteiger partial charge on any atom is 0.247 e. The van der Waals surface area contributed by atoms with Crippen molar-refractivity contribution >= 4 is 28.5 Å². The third kappa shape index (κ3) is 3.04. The molecule has 3 N–H and O–H groups in total. The number of hydrogen-bond donors (Lipinski definition) is 2. The molecule has 1 amide bonds. The van der Waals surface area contributed by atoms with Gasteiger partial charge < -0.3 is 15.5 Å². The highest BCUT2D eigenvalue weighted by molar-refractivity contribution is 6.05. The molecule has 0 saturated heterocycles. The van der Waals surface area contributed by atoms with Gasteiger partial charge >= 0.3 is 0 Å². The van der Waals surface area contributed by atoms with E-state index in [-0.39, 0.29) is 5.91 Å². The fourth-order valence-electron chi connectivity index (χ4n) is 2.94. The number of carbonyl (C=O) groups excluding carboxylic acids is 1. The molecule has 0 spiro atoms. The molecule has 0 unspecified atom stereocenters. The second kappa shape index (κ2) is 6.76. The van der Waals surface area contributed by atoms with Crippen LogP contribution in [0.5, 0.6) is 0 Å². The summed E-state index contributed by atoms with van der Waals surface area (Å²) in [5.74, 6) is 0.754. The Morgan fingerprint density at radius 2 is 1.78 bits per heavy atom. The first-order valence-corrected chi connectivity index (χ1v) is 8.29. The van der Waals surface area contributed by atoms with Gasteiger partial charge in [-0.15, -0.1) is 0 Å². The first-order valence-electron chi connectivity index (χ1n) is 8.29. The molecular formula is C21H16N4O2. The van der Waals surface area contributed by atoms with Gasteiger partial charge in [0.15, 0.2) is 0 Å². The minimum atomic E-state index is -0.265. The third-order valence-electron chi connectivity index (χ3n) is 4.18. The number of rotatable bonds is 4. The number of amides is 1. The predicted octanol–water partition coefficient (Wildman–Crippen LogP) is 4.26. The predicted molar refractivity (Wildman–Crippen MR) is 106 cm³/mol.